The summed E-state index contributed by atoms with van der Waals surface area (Å²) in [5, 5.41) is 20.8. The maximum Gasteiger partial charge on any atom is 0.140 e. The fraction of sp³-hybridized carbons (Fsp3) is 0.0476. The fourth-order valence-electron chi connectivity index (χ4n) is 3.12. The third-order valence-corrected chi connectivity index (χ3v) is 4.69. The second-order valence-corrected chi connectivity index (χ2v) is 6.56. The zero-order valence-corrected chi connectivity index (χ0v) is 15.4. The summed E-state index contributed by atoms with van der Waals surface area (Å²) in [4.78, 5) is 8.56. The summed E-state index contributed by atoms with van der Waals surface area (Å²) in [5.74, 6) is 0.678. The number of nitrogen functional groups attached to an aromatic ring is 1. The number of nitriles is 2. The molecule has 1 aromatic carbocycles. The van der Waals surface area contributed by atoms with Gasteiger partial charge in [-0.25, -0.2) is 4.98 Å². The molecule has 0 spiro atoms. The standard InChI is InChI=1S/C21H12ClN5O/c1-11-15(9-23)19(18-8-14-17(28-18)6-7-26-21(14)25)16(10-24)20(27-11)12-2-4-13(22)5-3-12/h2-8H,1H3,(H2,25,26). The lowest BCUT2D eigenvalue weighted by Gasteiger charge is -2.12. The van der Waals surface area contributed by atoms with Crippen molar-refractivity contribution in [3.05, 3.63) is 64.4 Å². The predicted molar refractivity (Wildman–Crippen MR) is 106 cm³/mol. The molecule has 0 unspecified atom stereocenters. The third-order valence-electron chi connectivity index (χ3n) is 4.44. The Balaban J connectivity index is 2.07. The van der Waals surface area contributed by atoms with E-state index in [0.29, 0.717) is 50.1 Å². The molecule has 0 aliphatic carbocycles. The van der Waals surface area contributed by atoms with Crippen molar-refractivity contribution < 1.29 is 4.42 Å². The summed E-state index contributed by atoms with van der Waals surface area (Å²) in [5.41, 5.74) is 9.03. The highest BCUT2D eigenvalue weighted by Gasteiger charge is 2.23. The zero-order valence-electron chi connectivity index (χ0n) is 14.7. The van der Waals surface area contributed by atoms with E-state index in [2.05, 4.69) is 22.1 Å². The first-order chi connectivity index (χ1) is 13.5. The van der Waals surface area contributed by atoms with E-state index in [9.17, 15) is 10.5 Å². The summed E-state index contributed by atoms with van der Waals surface area (Å²) < 4.78 is 5.91. The molecular formula is C21H12ClN5O. The maximum atomic E-state index is 9.91. The molecule has 6 nitrogen and oxygen atoms in total. The minimum Gasteiger partial charge on any atom is -0.456 e. The molecule has 0 bridgehead atoms. The van der Waals surface area contributed by atoms with Crippen LogP contribution < -0.4 is 5.73 Å². The summed E-state index contributed by atoms with van der Waals surface area (Å²) in [6.07, 6.45) is 1.54. The Hall–Kier alpha value is -3.87. The SMILES string of the molecule is Cc1nc(-c2ccc(Cl)cc2)c(C#N)c(-c2cc3c(N)nccc3o2)c1C#N. The molecule has 7 heteroatoms. The van der Waals surface area contributed by atoms with Gasteiger partial charge in [0.1, 0.15) is 29.3 Å². The Labute approximate surface area is 165 Å². The molecule has 4 rings (SSSR count). The van der Waals surface area contributed by atoms with Gasteiger partial charge >= 0.3 is 0 Å². The third kappa shape index (κ3) is 2.73. The van der Waals surface area contributed by atoms with Crippen molar-refractivity contribution in [1.29, 1.82) is 10.5 Å². The average Bonchev–Trinajstić information content (AvgIpc) is 3.13. The molecule has 2 N–H and O–H groups in total. The van der Waals surface area contributed by atoms with Gasteiger partial charge in [-0.2, -0.15) is 10.5 Å². The molecule has 28 heavy (non-hydrogen) atoms. The summed E-state index contributed by atoms with van der Waals surface area (Å²) in [6.45, 7) is 1.72. The van der Waals surface area contributed by atoms with Crippen LogP contribution in [-0.2, 0) is 0 Å². The van der Waals surface area contributed by atoms with E-state index in [1.165, 1.54) is 6.20 Å². The van der Waals surface area contributed by atoms with Gasteiger partial charge in [-0.15, -0.1) is 0 Å². The molecule has 3 heterocycles. The molecule has 0 saturated heterocycles. The molecule has 134 valence electrons. The number of aryl methyl sites for hydroxylation is 1. The lowest BCUT2D eigenvalue weighted by molar-refractivity contribution is 0.630. The molecule has 0 saturated carbocycles. The highest BCUT2D eigenvalue weighted by molar-refractivity contribution is 6.30. The number of hydrogen-bond acceptors (Lipinski definition) is 6. The van der Waals surface area contributed by atoms with Crippen molar-refractivity contribution in [1.82, 2.24) is 9.97 Å². The van der Waals surface area contributed by atoms with Gasteiger partial charge in [-0.05, 0) is 31.2 Å². The first-order valence-corrected chi connectivity index (χ1v) is 8.66. The Morgan fingerprint density at radius 1 is 1.07 bits per heavy atom. The van der Waals surface area contributed by atoms with E-state index < -0.39 is 0 Å². The minimum atomic E-state index is 0.245. The molecular weight excluding hydrogens is 374 g/mol. The lowest BCUT2D eigenvalue weighted by Crippen LogP contribution is -2.01. The summed E-state index contributed by atoms with van der Waals surface area (Å²) >= 11 is 5.98. The van der Waals surface area contributed by atoms with Crippen LogP contribution in [0.3, 0.4) is 0 Å². The Morgan fingerprint density at radius 2 is 1.79 bits per heavy atom. The number of hydrogen-bond donors (Lipinski definition) is 1. The van der Waals surface area contributed by atoms with Gasteiger partial charge in [0, 0.05) is 16.8 Å². The predicted octanol–water partition coefficient (Wildman–Crippen LogP) is 4.84. The van der Waals surface area contributed by atoms with Crippen molar-refractivity contribution in [3.8, 4) is 34.7 Å². The summed E-state index contributed by atoms with van der Waals surface area (Å²) in [7, 11) is 0. The number of nitrogens with two attached hydrogens (primary N) is 1. The van der Waals surface area contributed by atoms with Crippen molar-refractivity contribution >= 4 is 28.4 Å². The van der Waals surface area contributed by atoms with Gasteiger partial charge in [0.15, 0.2) is 0 Å². The average molecular weight is 386 g/mol. The minimum absolute atomic E-state index is 0.245. The van der Waals surface area contributed by atoms with Gasteiger partial charge in [0.2, 0.25) is 0 Å². The van der Waals surface area contributed by atoms with E-state index >= 15 is 0 Å². The van der Waals surface area contributed by atoms with Crippen molar-refractivity contribution in [2.24, 2.45) is 0 Å². The molecule has 3 aromatic heterocycles. The number of anilines is 1. The van der Waals surface area contributed by atoms with Crippen LogP contribution in [0.5, 0.6) is 0 Å². The van der Waals surface area contributed by atoms with Crippen LogP contribution in [0.4, 0.5) is 5.82 Å². The normalized spacial score (nSPS) is 10.6. The largest absolute Gasteiger partial charge is 0.456 e. The molecule has 0 radical (unpaired) electrons. The Morgan fingerprint density at radius 3 is 2.43 bits per heavy atom. The Kier molecular flexibility index (Phi) is 4.19. The van der Waals surface area contributed by atoms with E-state index in [1.54, 1.807) is 43.3 Å². The number of nitrogens with zero attached hydrogens (tertiary/aromatic N) is 4. The number of aromatic nitrogens is 2. The van der Waals surface area contributed by atoms with Crippen LogP contribution in [0.1, 0.15) is 16.8 Å². The second kappa shape index (κ2) is 6.70. The highest BCUT2D eigenvalue weighted by Crippen LogP contribution is 2.38. The summed E-state index contributed by atoms with van der Waals surface area (Å²) in [6, 6.07) is 14.7. The van der Waals surface area contributed by atoms with E-state index in [-0.39, 0.29) is 11.1 Å². The van der Waals surface area contributed by atoms with Gasteiger partial charge in [-0.3, -0.25) is 4.98 Å². The van der Waals surface area contributed by atoms with Crippen LogP contribution in [0, 0.1) is 29.6 Å². The topological polar surface area (TPSA) is 113 Å². The lowest BCUT2D eigenvalue weighted by atomic mass is 9.94. The fourth-order valence-corrected chi connectivity index (χ4v) is 3.25. The second-order valence-electron chi connectivity index (χ2n) is 6.12. The monoisotopic (exact) mass is 385 g/mol. The van der Waals surface area contributed by atoms with Gasteiger partial charge < -0.3 is 10.2 Å². The van der Waals surface area contributed by atoms with Crippen molar-refractivity contribution in [3.63, 3.8) is 0 Å². The molecule has 4 aromatic rings. The van der Waals surface area contributed by atoms with Crippen molar-refractivity contribution in [2.45, 2.75) is 6.92 Å². The number of fused-ring (bicyclic) bond motifs is 1. The van der Waals surface area contributed by atoms with E-state index in [4.69, 9.17) is 21.8 Å². The van der Waals surface area contributed by atoms with E-state index in [1.807, 2.05) is 0 Å². The van der Waals surface area contributed by atoms with Crippen LogP contribution in [-0.4, -0.2) is 9.97 Å². The van der Waals surface area contributed by atoms with Gasteiger partial charge in [-0.1, -0.05) is 23.7 Å². The quantitative estimate of drug-likeness (QED) is 0.528. The first kappa shape index (κ1) is 17.5. The maximum absolute atomic E-state index is 9.91. The van der Waals surface area contributed by atoms with Crippen LogP contribution >= 0.6 is 11.6 Å². The van der Waals surface area contributed by atoms with Crippen LogP contribution in [0.2, 0.25) is 5.02 Å². The molecule has 0 amide bonds. The smallest absolute Gasteiger partial charge is 0.140 e. The highest BCUT2D eigenvalue weighted by atomic mass is 35.5. The number of halogens is 1. The van der Waals surface area contributed by atoms with Crippen molar-refractivity contribution in [2.75, 3.05) is 5.73 Å². The number of benzene rings is 1. The molecule has 0 fully saturated rings. The van der Waals surface area contributed by atoms with E-state index in [0.717, 1.165) is 0 Å². The van der Waals surface area contributed by atoms with Gasteiger partial charge in [0.25, 0.3) is 0 Å². The number of rotatable bonds is 2. The first-order valence-electron chi connectivity index (χ1n) is 8.28. The molecule has 0 atom stereocenters. The van der Waals surface area contributed by atoms with Gasteiger partial charge in [0.05, 0.1) is 33.5 Å². The molecule has 0 aliphatic heterocycles. The molecule has 0 aliphatic rings. The number of furan rings is 1. The van der Waals surface area contributed by atoms with Crippen LogP contribution in [0.15, 0.2) is 47.0 Å². The number of pyridine rings is 2. The zero-order chi connectivity index (χ0) is 19.8. The Bertz CT molecular complexity index is 1310. The van der Waals surface area contributed by atoms with Crippen LogP contribution in [0.25, 0.3) is 33.6 Å².